The first-order valence-corrected chi connectivity index (χ1v) is 8.89. The van der Waals surface area contributed by atoms with Gasteiger partial charge in [-0.3, -0.25) is 4.79 Å². The van der Waals surface area contributed by atoms with Crippen LogP contribution in [0, 0.1) is 6.92 Å². The Kier molecular flexibility index (Phi) is 4.89. The molecule has 0 spiro atoms. The zero-order valence-corrected chi connectivity index (χ0v) is 15.7. The zero-order chi connectivity index (χ0) is 18.2. The van der Waals surface area contributed by atoms with Crippen LogP contribution in [0.15, 0.2) is 24.5 Å². The molecular formula is C18H20Cl2N4O. The molecule has 0 aliphatic carbocycles. The summed E-state index contributed by atoms with van der Waals surface area (Å²) in [5.41, 5.74) is 7.60. The van der Waals surface area contributed by atoms with Crippen molar-refractivity contribution in [2.75, 3.05) is 18.0 Å². The van der Waals surface area contributed by atoms with Crippen LogP contribution in [0.3, 0.4) is 0 Å². The van der Waals surface area contributed by atoms with E-state index in [9.17, 15) is 4.79 Å². The van der Waals surface area contributed by atoms with Crippen molar-refractivity contribution in [3.05, 3.63) is 51.4 Å². The van der Waals surface area contributed by atoms with E-state index in [2.05, 4.69) is 21.8 Å². The second kappa shape index (κ2) is 6.81. The Morgan fingerprint density at radius 3 is 2.44 bits per heavy atom. The minimum atomic E-state index is -0.484. The molecule has 1 aliphatic heterocycles. The third-order valence-electron chi connectivity index (χ3n) is 5.04. The van der Waals surface area contributed by atoms with Crippen molar-refractivity contribution in [3.63, 3.8) is 0 Å². The highest BCUT2D eigenvalue weighted by Gasteiger charge is 2.35. The van der Waals surface area contributed by atoms with E-state index in [1.807, 2.05) is 19.1 Å². The quantitative estimate of drug-likeness (QED) is 0.882. The topological polar surface area (TPSA) is 72.1 Å². The summed E-state index contributed by atoms with van der Waals surface area (Å²) in [6.07, 6.45) is 5.02. The lowest BCUT2D eigenvalue weighted by molar-refractivity contribution is 0.0999. The molecule has 0 bridgehead atoms. The summed E-state index contributed by atoms with van der Waals surface area (Å²) in [5.74, 6) is 0.334. The number of hydrogen-bond acceptors (Lipinski definition) is 4. The number of halogens is 2. The van der Waals surface area contributed by atoms with Crippen molar-refractivity contribution in [3.8, 4) is 0 Å². The summed E-state index contributed by atoms with van der Waals surface area (Å²) >= 11 is 12.4. The third-order valence-corrected chi connectivity index (χ3v) is 5.63. The van der Waals surface area contributed by atoms with Crippen molar-refractivity contribution in [2.24, 2.45) is 5.73 Å². The van der Waals surface area contributed by atoms with Crippen molar-refractivity contribution in [1.82, 2.24) is 9.97 Å². The number of aromatic nitrogens is 2. The maximum atomic E-state index is 11.8. The van der Waals surface area contributed by atoms with Crippen LogP contribution < -0.4 is 10.6 Å². The van der Waals surface area contributed by atoms with Gasteiger partial charge in [0.25, 0.3) is 0 Å². The van der Waals surface area contributed by atoms with Crippen LogP contribution in [0.5, 0.6) is 0 Å². The minimum Gasteiger partial charge on any atom is -0.366 e. The smallest absolute Gasteiger partial charge is 0.250 e. The van der Waals surface area contributed by atoms with Gasteiger partial charge in [-0.15, -0.1) is 0 Å². The molecule has 0 saturated carbocycles. The van der Waals surface area contributed by atoms with Crippen molar-refractivity contribution in [1.29, 1.82) is 0 Å². The molecule has 132 valence electrons. The van der Waals surface area contributed by atoms with Crippen LogP contribution in [0.25, 0.3) is 0 Å². The van der Waals surface area contributed by atoms with E-state index < -0.39 is 5.91 Å². The number of carbonyl (C=O) groups is 1. The van der Waals surface area contributed by atoms with Crippen molar-refractivity contribution in [2.45, 2.75) is 32.1 Å². The van der Waals surface area contributed by atoms with Gasteiger partial charge < -0.3 is 10.6 Å². The number of nitrogens with two attached hydrogens (primary N) is 1. The lowest BCUT2D eigenvalue weighted by Crippen LogP contribution is -2.41. The molecule has 0 radical (unpaired) electrons. The molecule has 25 heavy (non-hydrogen) atoms. The van der Waals surface area contributed by atoms with Crippen LogP contribution in [0.4, 0.5) is 5.82 Å². The third kappa shape index (κ3) is 3.44. The Labute approximate surface area is 157 Å². The van der Waals surface area contributed by atoms with E-state index in [1.165, 1.54) is 0 Å². The van der Waals surface area contributed by atoms with Gasteiger partial charge in [-0.25, -0.2) is 9.97 Å². The van der Waals surface area contributed by atoms with Gasteiger partial charge in [-0.1, -0.05) is 42.3 Å². The van der Waals surface area contributed by atoms with Crippen LogP contribution in [0.1, 0.15) is 41.3 Å². The van der Waals surface area contributed by atoms with Gasteiger partial charge in [0.05, 0.1) is 23.0 Å². The molecule has 0 atom stereocenters. The summed E-state index contributed by atoms with van der Waals surface area (Å²) in [6.45, 7) is 5.67. The molecule has 5 nitrogen and oxygen atoms in total. The number of primary amides is 1. The van der Waals surface area contributed by atoms with Crippen LogP contribution >= 0.6 is 23.2 Å². The molecular weight excluding hydrogens is 359 g/mol. The van der Waals surface area contributed by atoms with Gasteiger partial charge in [0, 0.05) is 13.1 Å². The number of aryl methyl sites for hydroxylation is 1. The SMILES string of the molecule is Cc1ccc(C2(C)CCN(c3cnc(Cl)cn3)CC2)c(Cl)c1C(N)=O. The Morgan fingerprint density at radius 1 is 1.20 bits per heavy atom. The summed E-state index contributed by atoms with van der Waals surface area (Å²) in [5, 5.41) is 0.866. The molecule has 2 heterocycles. The average molecular weight is 379 g/mol. The summed E-state index contributed by atoms with van der Waals surface area (Å²) in [4.78, 5) is 22.4. The highest BCUT2D eigenvalue weighted by atomic mass is 35.5. The van der Waals surface area contributed by atoms with Gasteiger partial charge in [-0.05, 0) is 36.3 Å². The van der Waals surface area contributed by atoms with E-state index in [4.69, 9.17) is 28.9 Å². The Hall–Kier alpha value is -1.85. The Morgan fingerprint density at radius 2 is 1.88 bits per heavy atom. The number of hydrogen-bond donors (Lipinski definition) is 1. The Bertz CT molecular complexity index is 799. The van der Waals surface area contributed by atoms with Gasteiger partial charge >= 0.3 is 0 Å². The summed E-state index contributed by atoms with van der Waals surface area (Å²) in [7, 11) is 0. The van der Waals surface area contributed by atoms with Crippen molar-refractivity contribution < 1.29 is 4.79 Å². The monoisotopic (exact) mass is 378 g/mol. The summed E-state index contributed by atoms with van der Waals surface area (Å²) in [6, 6.07) is 3.94. The molecule has 2 N–H and O–H groups in total. The molecule has 0 unspecified atom stereocenters. The van der Waals surface area contributed by atoms with E-state index in [0.29, 0.717) is 15.7 Å². The Balaban J connectivity index is 1.84. The normalized spacial score (nSPS) is 16.7. The molecule has 2 aromatic rings. The van der Waals surface area contributed by atoms with Gasteiger partial charge in [0.2, 0.25) is 5.91 Å². The fourth-order valence-corrected chi connectivity index (χ4v) is 4.04. The van der Waals surface area contributed by atoms with Crippen LogP contribution in [-0.2, 0) is 5.41 Å². The number of piperidine rings is 1. The maximum absolute atomic E-state index is 11.8. The highest BCUT2D eigenvalue weighted by Crippen LogP contribution is 2.41. The van der Waals surface area contributed by atoms with E-state index >= 15 is 0 Å². The van der Waals surface area contributed by atoms with Gasteiger partial charge in [0.15, 0.2) is 0 Å². The first-order chi connectivity index (χ1) is 11.8. The highest BCUT2D eigenvalue weighted by molar-refractivity contribution is 6.35. The number of amides is 1. The molecule has 1 saturated heterocycles. The number of carbonyl (C=O) groups excluding carboxylic acids is 1. The lowest BCUT2D eigenvalue weighted by atomic mass is 9.73. The first kappa shape index (κ1) is 18.0. The van der Waals surface area contributed by atoms with Crippen LogP contribution in [-0.4, -0.2) is 29.0 Å². The first-order valence-electron chi connectivity index (χ1n) is 8.14. The molecule has 1 aromatic carbocycles. The average Bonchev–Trinajstić information content (AvgIpc) is 2.56. The molecule has 1 aromatic heterocycles. The van der Waals surface area contributed by atoms with E-state index in [1.54, 1.807) is 12.4 Å². The number of anilines is 1. The molecule has 1 aliphatic rings. The number of benzene rings is 1. The van der Waals surface area contributed by atoms with E-state index in [0.717, 1.165) is 42.9 Å². The zero-order valence-electron chi connectivity index (χ0n) is 14.2. The minimum absolute atomic E-state index is 0.120. The number of nitrogens with zero attached hydrogens (tertiary/aromatic N) is 3. The fourth-order valence-electron chi connectivity index (χ4n) is 3.41. The molecule has 3 rings (SSSR count). The second-order valence-corrected chi connectivity index (χ2v) is 7.49. The fraction of sp³-hybridized carbons (Fsp3) is 0.389. The maximum Gasteiger partial charge on any atom is 0.250 e. The standard InChI is InChI=1S/C18H20Cl2N4O/c1-11-3-4-12(16(20)15(11)17(21)25)18(2)5-7-24(8-6-18)14-10-22-13(19)9-23-14/h3-4,9-10H,5-8H2,1-2H3,(H2,21,25). The van der Waals surface area contributed by atoms with Gasteiger partial charge in [0.1, 0.15) is 11.0 Å². The predicted molar refractivity (Wildman–Crippen MR) is 101 cm³/mol. The molecule has 7 heteroatoms. The largest absolute Gasteiger partial charge is 0.366 e. The molecule has 1 fully saturated rings. The number of rotatable bonds is 3. The van der Waals surface area contributed by atoms with Gasteiger partial charge in [-0.2, -0.15) is 0 Å². The van der Waals surface area contributed by atoms with Crippen LogP contribution in [0.2, 0.25) is 10.2 Å². The molecule has 1 amide bonds. The second-order valence-electron chi connectivity index (χ2n) is 6.73. The lowest BCUT2D eigenvalue weighted by Gasteiger charge is -2.41. The van der Waals surface area contributed by atoms with E-state index in [-0.39, 0.29) is 5.41 Å². The predicted octanol–water partition coefficient (Wildman–Crippen LogP) is 3.75. The summed E-state index contributed by atoms with van der Waals surface area (Å²) < 4.78 is 0. The van der Waals surface area contributed by atoms with Crippen molar-refractivity contribution >= 4 is 34.9 Å².